The summed E-state index contributed by atoms with van der Waals surface area (Å²) >= 11 is 5.74. The van der Waals surface area contributed by atoms with Crippen molar-refractivity contribution >= 4 is 35.1 Å². The number of benzene rings is 1. The van der Waals surface area contributed by atoms with Gasteiger partial charge >= 0.3 is 11.8 Å². The van der Waals surface area contributed by atoms with E-state index in [0.717, 1.165) is 0 Å². The highest BCUT2D eigenvalue weighted by molar-refractivity contribution is 6.30. The third-order valence-corrected chi connectivity index (χ3v) is 2.82. The molecular weight excluding hydrogens is 274 g/mol. The molecule has 100 valence electrons. The van der Waals surface area contributed by atoms with E-state index >= 15 is 0 Å². The summed E-state index contributed by atoms with van der Waals surface area (Å²) in [7, 11) is 1.18. The molecule has 1 fully saturated rings. The minimum Gasteiger partial charge on any atom is -0.343 e. The Morgan fingerprint density at radius 3 is 2.11 bits per heavy atom. The number of halogens is 1. The molecule has 0 atom stereocenters. The van der Waals surface area contributed by atoms with Gasteiger partial charge in [-0.15, -0.1) is 0 Å². The highest BCUT2D eigenvalue weighted by atomic mass is 35.5. The Morgan fingerprint density at radius 2 is 1.63 bits per heavy atom. The Labute approximate surface area is 113 Å². The van der Waals surface area contributed by atoms with Gasteiger partial charge in [0.2, 0.25) is 0 Å². The standard InChI is InChI=1S/C11H10ClN3O4/c1-19-11(8(16)13-10(18)14-9(11)17)15-7-4-2-6(12)3-5-7/h2-5,15H,1H3,(H2,13,14,16,17,18). The largest absolute Gasteiger partial charge is 0.343 e. The minimum atomic E-state index is -2.00. The second-order valence-electron chi connectivity index (χ2n) is 3.75. The van der Waals surface area contributed by atoms with Crippen LogP contribution in [0.25, 0.3) is 0 Å². The van der Waals surface area contributed by atoms with Crippen LogP contribution in [0, 0.1) is 0 Å². The molecule has 8 heteroatoms. The average molecular weight is 284 g/mol. The highest BCUT2D eigenvalue weighted by Gasteiger charge is 2.51. The summed E-state index contributed by atoms with van der Waals surface area (Å²) in [6, 6.07) is 5.41. The molecule has 0 unspecified atom stereocenters. The van der Waals surface area contributed by atoms with Crippen LogP contribution in [0.4, 0.5) is 10.5 Å². The molecule has 1 aliphatic rings. The molecule has 0 saturated carbocycles. The molecule has 0 aromatic heterocycles. The number of urea groups is 1. The summed E-state index contributed by atoms with van der Waals surface area (Å²) in [4.78, 5) is 34.7. The monoisotopic (exact) mass is 283 g/mol. The van der Waals surface area contributed by atoms with Crippen molar-refractivity contribution in [3.8, 4) is 0 Å². The van der Waals surface area contributed by atoms with Gasteiger partial charge in [0.05, 0.1) is 0 Å². The van der Waals surface area contributed by atoms with Crippen molar-refractivity contribution in [3.63, 3.8) is 0 Å². The summed E-state index contributed by atoms with van der Waals surface area (Å²) in [5.41, 5.74) is -1.56. The summed E-state index contributed by atoms with van der Waals surface area (Å²) < 4.78 is 4.97. The topological polar surface area (TPSA) is 96.5 Å². The van der Waals surface area contributed by atoms with Crippen molar-refractivity contribution in [1.29, 1.82) is 0 Å². The zero-order valence-corrected chi connectivity index (χ0v) is 10.6. The quantitative estimate of drug-likeness (QED) is 0.553. The van der Waals surface area contributed by atoms with Crippen LogP contribution in [0.2, 0.25) is 5.02 Å². The number of methoxy groups -OCH3 is 1. The van der Waals surface area contributed by atoms with E-state index in [4.69, 9.17) is 16.3 Å². The van der Waals surface area contributed by atoms with Crippen LogP contribution < -0.4 is 16.0 Å². The van der Waals surface area contributed by atoms with E-state index in [1.54, 1.807) is 24.3 Å². The first kappa shape index (κ1) is 13.3. The normalized spacial score (nSPS) is 17.7. The number of barbiturate groups is 1. The zero-order valence-electron chi connectivity index (χ0n) is 9.82. The van der Waals surface area contributed by atoms with Crippen LogP contribution in [0.1, 0.15) is 0 Å². The number of hydrogen-bond acceptors (Lipinski definition) is 5. The van der Waals surface area contributed by atoms with Crippen LogP contribution in [-0.2, 0) is 14.3 Å². The third kappa shape index (κ3) is 2.38. The fourth-order valence-corrected chi connectivity index (χ4v) is 1.73. The van der Waals surface area contributed by atoms with Gasteiger partial charge in [-0.2, -0.15) is 0 Å². The first-order valence-corrected chi connectivity index (χ1v) is 5.61. The van der Waals surface area contributed by atoms with Gasteiger partial charge in [0.25, 0.3) is 11.8 Å². The van der Waals surface area contributed by atoms with Crippen LogP contribution in [0.3, 0.4) is 0 Å². The molecule has 1 saturated heterocycles. The third-order valence-electron chi connectivity index (χ3n) is 2.56. The number of carbonyl (C=O) groups excluding carboxylic acids is 3. The van der Waals surface area contributed by atoms with Gasteiger partial charge in [-0.05, 0) is 24.3 Å². The van der Waals surface area contributed by atoms with E-state index in [1.165, 1.54) is 7.11 Å². The SMILES string of the molecule is COC1(Nc2ccc(Cl)cc2)C(=O)NC(=O)NC1=O. The van der Waals surface area contributed by atoms with E-state index in [2.05, 4.69) is 5.32 Å². The predicted molar refractivity (Wildman–Crippen MR) is 66.5 cm³/mol. The molecular formula is C11H10ClN3O4. The first-order valence-electron chi connectivity index (χ1n) is 5.24. The van der Waals surface area contributed by atoms with Gasteiger partial charge in [-0.1, -0.05) is 11.6 Å². The van der Waals surface area contributed by atoms with E-state index in [9.17, 15) is 14.4 Å². The number of ether oxygens (including phenoxy) is 1. The van der Waals surface area contributed by atoms with Crippen molar-refractivity contribution in [2.24, 2.45) is 0 Å². The van der Waals surface area contributed by atoms with Gasteiger partial charge in [0, 0.05) is 17.8 Å². The number of nitrogens with one attached hydrogen (secondary N) is 3. The lowest BCUT2D eigenvalue weighted by Crippen LogP contribution is -2.70. The van der Waals surface area contributed by atoms with Crippen LogP contribution in [-0.4, -0.2) is 30.7 Å². The smallest absolute Gasteiger partial charge is 0.328 e. The van der Waals surface area contributed by atoms with Gasteiger partial charge in [0.15, 0.2) is 0 Å². The molecule has 1 heterocycles. The maximum Gasteiger partial charge on any atom is 0.328 e. The number of anilines is 1. The molecule has 1 aromatic rings. The number of hydrogen-bond donors (Lipinski definition) is 3. The Balaban J connectivity index is 2.32. The van der Waals surface area contributed by atoms with Crippen molar-refractivity contribution in [2.75, 3.05) is 12.4 Å². The van der Waals surface area contributed by atoms with Gasteiger partial charge < -0.3 is 10.1 Å². The lowest BCUT2D eigenvalue weighted by Gasteiger charge is -2.33. The van der Waals surface area contributed by atoms with E-state index in [1.807, 2.05) is 10.6 Å². The molecule has 0 bridgehead atoms. The fraction of sp³-hybridized carbons (Fsp3) is 0.182. The highest BCUT2D eigenvalue weighted by Crippen LogP contribution is 2.21. The zero-order chi connectivity index (χ0) is 14.0. The number of rotatable bonds is 3. The second kappa shape index (κ2) is 4.87. The first-order chi connectivity index (χ1) is 8.98. The summed E-state index contributed by atoms with van der Waals surface area (Å²) in [6.07, 6.45) is 0. The molecule has 4 amide bonds. The maximum atomic E-state index is 11.8. The summed E-state index contributed by atoms with van der Waals surface area (Å²) in [6.45, 7) is 0. The van der Waals surface area contributed by atoms with Gasteiger partial charge in [-0.25, -0.2) is 4.79 Å². The molecule has 19 heavy (non-hydrogen) atoms. The molecule has 1 aromatic carbocycles. The molecule has 0 spiro atoms. The van der Waals surface area contributed by atoms with Crippen LogP contribution in [0.5, 0.6) is 0 Å². The Bertz CT molecular complexity index is 523. The molecule has 0 radical (unpaired) electrons. The molecule has 3 N–H and O–H groups in total. The van der Waals surface area contributed by atoms with Crippen LogP contribution >= 0.6 is 11.6 Å². The van der Waals surface area contributed by atoms with Crippen molar-refractivity contribution in [3.05, 3.63) is 29.3 Å². The van der Waals surface area contributed by atoms with Crippen molar-refractivity contribution in [1.82, 2.24) is 10.6 Å². The summed E-state index contributed by atoms with van der Waals surface area (Å²) in [5, 5.41) is 7.06. The van der Waals surface area contributed by atoms with E-state index in [0.29, 0.717) is 10.7 Å². The average Bonchev–Trinajstić information content (AvgIpc) is 2.36. The lowest BCUT2D eigenvalue weighted by molar-refractivity contribution is -0.154. The number of imide groups is 2. The molecule has 0 aliphatic carbocycles. The second-order valence-corrected chi connectivity index (χ2v) is 4.19. The maximum absolute atomic E-state index is 11.8. The van der Waals surface area contributed by atoms with Gasteiger partial charge in [0.1, 0.15) is 0 Å². The molecule has 2 rings (SSSR count). The number of carbonyl (C=O) groups is 3. The lowest BCUT2D eigenvalue weighted by atomic mass is 10.1. The molecule has 1 aliphatic heterocycles. The van der Waals surface area contributed by atoms with Crippen molar-refractivity contribution < 1.29 is 19.1 Å². The number of amides is 4. The summed E-state index contributed by atoms with van der Waals surface area (Å²) in [5.74, 6) is -1.78. The van der Waals surface area contributed by atoms with E-state index in [-0.39, 0.29) is 0 Å². The Hall–Kier alpha value is -2.12. The van der Waals surface area contributed by atoms with Crippen LogP contribution in [0.15, 0.2) is 24.3 Å². The van der Waals surface area contributed by atoms with Gasteiger partial charge in [-0.3, -0.25) is 20.2 Å². The predicted octanol–water partition coefficient (Wildman–Crippen LogP) is 0.461. The Morgan fingerprint density at radius 1 is 1.11 bits per heavy atom. The minimum absolute atomic E-state index is 0.436. The molecule has 7 nitrogen and oxygen atoms in total. The fourth-order valence-electron chi connectivity index (χ4n) is 1.60. The van der Waals surface area contributed by atoms with E-state index < -0.39 is 23.6 Å². The Kier molecular flexibility index (Phi) is 3.41. The van der Waals surface area contributed by atoms with Crippen molar-refractivity contribution in [2.45, 2.75) is 5.72 Å².